The van der Waals surface area contributed by atoms with Gasteiger partial charge in [0.25, 0.3) is 0 Å². The van der Waals surface area contributed by atoms with Crippen LogP contribution in [-0.2, 0) is 0 Å². The smallest absolute Gasteiger partial charge is 0.224 e. The Morgan fingerprint density at radius 3 is 2.65 bits per heavy atom. The lowest BCUT2D eigenvalue weighted by atomic mass is 10.4. The number of fused-ring (bicyclic) bond motifs is 1. The molecule has 0 amide bonds. The molecule has 0 aliphatic heterocycles. The summed E-state index contributed by atoms with van der Waals surface area (Å²) in [4.78, 5) is 12.4. The van der Waals surface area contributed by atoms with Gasteiger partial charge in [-0.25, -0.2) is 9.97 Å². The zero-order chi connectivity index (χ0) is 14.1. The molecule has 0 aliphatic rings. The second-order valence-corrected chi connectivity index (χ2v) is 6.97. The zero-order valence-corrected chi connectivity index (χ0v) is 13.4. The van der Waals surface area contributed by atoms with Crippen molar-refractivity contribution in [3.05, 3.63) is 40.2 Å². The maximum Gasteiger partial charge on any atom is 0.224 e. The number of halogens is 1. The summed E-state index contributed by atoms with van der Waals surface area (Å²) in [6, 6.07) is 9.91. The Morgan fingerprint density at radius 1 is 1.20 bits per heavy atom. The van der Waals surface area contributed by atoms with Gasteiger partial charge in [-0.2, -0.15) is 0 Å². The van der Waals surface area contributed by atoms with E-state index in [1.165, 1.54) is 4.88 Å². The zero-order valence-electron chi connectivity index (χ0n) is 11.0. The highest BCUT2D eigenvalue weighted by atomic mass is 35.5. The van der Waals surface area contributed by atoms with Crippen LogP contribution in [0.15, 0.2) is 40.3 Å². The molecule has 1 aromatic carbocycles. The fourth-order valence-electron chi connectivity index (χ4n) is 1.82. The molecule has 0 unspecified atom stereocenters. The van der Waals surface area contributed by atoms with E-state index in [0.717, 1.165) is 25.2 Å². The van der Waals surface area contributed by atoms with Crippen LogP contribution in [0, 0.1) is 6.92 Å². The Balaban J connectivity index is 2.06. The topological polar surface area (TPSA) is 37.8 Å². The van der Waals surface area contributed by atoms with E-state index in [2.05, 4.69) is 28.3 Å². The molecular weight excluding hydrogens is 310 g/mol. The van der Waals surface area contributed by atoms with Crippen LogP contribution < -0.4 is 5.32 Å². The van der Waals surface area contributed by atoms with E-state index in [4.69, 9.17) is 11.6 Å². The van der Waals surface area contributed by atoms with Crippen LogP contribution in [0.4, 0.5) is 5.95 Å². The number of nitrogens with zero attached hydrogens (tertiary/aromatic N) is 2. The molecule has 3 nitrogen and oxygen atoms in total. The number of aryl methyl sites for hydroxylation is 1. The van der Waals surface area contributed by atoms with Crippen molar-refractivity contribution in [2.75, 3.05) is 12.4 Å². The van der Waals surface area contributed by atoms with Gasteiger partial charge in [-0.3, -0.25) is 0 Å². The molecule has 3 aromatic rings. The molecule has 0 aliphatic carbocycles. The van der Waals surface area contributed by atoms with Gasteiger partial charge in [0.1, 0.15) is 9.86 Å². The van der Waals surface area contributed by atoms with Crippen molar-refractivity contribution in [1.82, 2.24) is 9.97 Å². The standard InChI is InChI=1S/C14H12ClN3S2/c1-8-7-11-12(19-8)17-14(16-2)18-13(11)20-10-5-3-9(15)4-6-10/h3-7H,1-2H3,(H,16,17,18). The van der Waals surface area contributed by atoms with E-state index in [1.54, 1.807) is 23.1 Å². The molecule has 20 heavy (non-hydrogen) atoms. The second kappa shape index (κ2) is 5.60. The molecule has 0 atom stereocenters. The van der Waals surface area contributed by atoms with Gasteiger partial charge >= 0.3 is 0 Å². The normalized spacial score (nSPS) is 10.9. The van der Waals surface area contributed by atoms with Crippen molar-refractivity contribution in [1.29, 1.82) is 0 Å². The summed E-state index contributed by atoms with van der Waals surface area (Å²) in [7, 11) is 1.83. The lowest BCUT2D eigenvalue weighted by Crippen LogP contribution is -1.96. The first-order valence-electron chi connectivity index (χ1n) is 6.05. The maximum atomic E-state index is 5.92. The average Bonchev–Trinajstić information content (AvgIpc) is 2.81. The third kappa shape index (κ3) is 2.75. The molecule has 0 saturated carbocycles. The second-order valence-electron chi connectivity index (χ2n) is 4.23. The lowest BCUT2D eigenvalue weighted by Gasteiger charge is -2.05. The summed E-state index contributed by atoms with van der Waals surface area (Å²) < 4.78 is 0. The average molecular weight is 322 g/mol. The minimum Gasteiger partial charge on any atom is -0.357 e. The van der Waals surface area contributed by atoms with Gasteiger partial charge in [0.2, 0.25) is 5.95 Å². The van der Waals surface area contributed by atoms with Crippen LogP contribution in [0.2, 0.25) is 5.02 Å². The van der Waals surface area contributed by atoms with Gasteiger partial charge in [-0.15, -0.1) is 11.3 Å². The number of rotatable bonds is 3. The molecule has 0 spiro atoms. The number of nitrogens with one attached hydrogen (secondary N) is 1. The summed E-state index contributed by atoms with van der Waals surface area (Å²) in [5, 5.41) is 5.82. The minimum atomic E-state index is 0.649. The highest BCUT2D eigenvalue weighted by molar-refractivity contribution is 7.99. The van der Waals surface area contributed by atoms with E-state index in [1.807, 2.05) is 31.3 Å². The predicted octanol–water partition coefficient (Wildman–Crippen LogP) is 4.85. The van der Waals surface area contributed by atoms with Crippen LogP contribution in [0.5, 0.6) is 0 Å². The van der Waals surface area contributed by atoms with E-state index in [9.17, 15) is 0 Å². The van der Waals surface area contributed by atoms with E-state index < -0.39 is 0 Å². The van der Waals surface area contributed by atoms with Gasteiger partial charge in [-0.05, 0) is 37.3 Å². The molecule has 0 bridgehead atoms. The van der Waals surface area contributed by atoms with Gasteiger partial charge in [-0.1, -0.05) is 23.4 Å². The Kier molecular flexibility index (Phi) is 3.83. The van der Waals surface area contributed by atoms with Gasteiger partial charge in [0.05, 0.1) is 0 Å². The molecule has 102 valence electrons. The molecule has 0 radical (unpaired) electrons. The fourth-order valence-corrected chi connectivity index (χ4v) is 3.78. The monoisotopic (exact) mass is 321 g/mol. The van der Waals surface area contributed by atoms with Crippen molar-refractivity contribution < 1.29 is 0 Å². The first-order chi connectivity index (χ1) is 9.65. The number of hydrogen-bond donors (Lipinski definition) is 1. The third-order valence-corrected chi connectivity index (χ3v) is 4.94. The van der Waals surface area contributed by atoms with Crippen LogP contribution >= 0.6 is 34.7 Å². The molecule has 0 saturated heterocycles. The number of anilines is 1. The van der Waals surface area contributed by atoms with Crippen molar-refractivity contribution >= 4 is 50.9 Å². The quantitative estimate of drug-likeness (QED) is 0.700. The molecular formula is C14H12ClN3S2. The summed E-state index contributed by atoms with van der Waals surface area (Å²) in [6.45, 7) is 2.09. The lowest BCUT2D eigenvalue weighted by molar-refractivity contribution is 1.10. The van der Waals surface area contributed by atoms with E-state index >= 15 is 0 Å². The molecule has 2 heterocycles. The van der Waals surface area contributed by atoms with Gasteiger partial charge in [0.15, 0.2) is 0 Å². The Bertz CT molecular complexity index is 753. The summed E-state index contributed by atoms with van der Waals surface area (Å²) in [5.41, 5.74) is 0. The summed E-state index contributed by atoms with van der Waals surface area (Å²) in [5.74, 6) is 0.649. The largest absolute Gasteiger partial charge is 0.357 e. The summed E-state index contributed by atoms with van der Waals surface area (Å²) in [6.07, 6.45) is 0. The van der Waals surface area contributed by atoms with Gasteiger partial charge < -0.3 is 5.32 Å². The number of thiophene rings is 1. The van der Waals surface area contributed by atoms with E-state index in [-0.39, 0.29) is 0 Å². The molecule has 1 N–H and O–H groups in total. The molecule has 6 heteroatoms. The highest BCUT2D eigenvalue weighted by Gasteiger charge is 2.11. The first-order valence-corrected chi connectivity index (χ1v) is 8.06. The summed E-state index contributed by atoms with van der Waals surface area (Å²) >= 11 is 9.23. The van der Waals surface area contributed by atoms with Crippen LogP contribution in [0.1, 0.15) is 4.88 Å². The highest BCUT2D eigenvalue weighted by Crippen LogP contribution is 2.36. The molecule has 0 fully saturated rings. The third-order valence-electron chi connectivity index (χ3n) is 2.73. The Hall–Kier alpha value is -1.30. The predicted molar refractivity (Wildman–Crippen MR) is 87.3 cm³/mol. The van der Waals surface area contributed by atoms with E-state index in [0.29, 0.717) is 5.95 Å². The number of hydrogen-bond acceptors (Lipinski definition) is 5. The number of benzene rings is 1. The van der Waals surface area contributed by atoms with Crippen LogP contribution in [-0.4, -0.2) is 17.0 Å². The first kappa shape index (κ1) is 13.7. The van der Waals surface area contributed by atoms with Crippen LogP contribution in [0.25, 0.3) is 10.2 Å². The maximum absolute atomic E-state index is 5.92. The van der Waals surface area contributed by atoms with Crippen molar-refractivity contribution in [2.45, 2.75) is 16.8 Å². The molecule has 2 aromatic heterocycles. The van der Waals surface area contributed by atoms with Crippen molar-refractivity contribution in [2.24, 2.45) is 0 Å². The Labute approximate surface area is 130 Å². The van der Waals surface area contributed by atoms with Crippen molar-refractivity contribution in [3.8, 4) is 0 Å². The fraction of sp³-hybridized carbons (Fsp3) is 0.143. The van der Waals surface area contributed by atoms with Crippen molar-refractivity contribution in [3.63, 3.8) is 0 Å². The Morgan fingerprint density at radius 2 is 1.95 bits per heavy atom. The van der Waals surface area contributed by atoms with Gasteiger partial charge in [0, 0.05) is 27.2 Å². The molecule has 3 rings (SSSR count). The minimum absolute atomic E-state index is 0.649. The van der Waals surface area contributed by atoms with Crippen LogP contribution in [0.3, 0.4) is 0 Å². The SMILES string of the molecule is CNc1nc(Sc2ccc(Cl)cc2)c2cc(C)sc2n1. The number of aromatic nitrogens is 2.